The summed E-state index contributed by atoms with van der Waals surface area (Å²) in [6.45, 7) is 3.90. The summed E-state index contributed by atoms with van der Waals surface area (Å²) in [5, 5.41) is 13.2. The van der Waals surface area contributed by atoms with E-state index in [1.54, 1.807) is 11.8 Å². The molecule has 0 saturated carbocycles. The van der Waals surface area contributed by atoms with E-state index < -0.39 is 16.6 Å². The van der Waals surface area contributed by atoms with Gasteiger partial charge in [-0.25, -0.2) is 4.39 Å². The number of halogens is 1. The third-order valence-electron chi connectivity index (χ3n) is 2.68. The lowest BCUT2D eigenvalue weighted by Gasteiger charge is -2.13. The van der Waals surface area contributed by atoms with Crippen molar-refractivity contribution in [2.45, 2.75) is 26.3 Å². The molecule has 1 aromatic rings. The first-order chi connectivity index (χ1) is 9.45. The number of nitrogens with zero attached hydrogens (tertiary/aromatic N) is 1. The van der Waals surface area contributed by atoms with E-state index in [9.17, 15) is 19.3 Å². The van der Waals surface area contributed by atoms with Crippen LogP contribution in [-0.2, 0) is 0 Å². The number of amides is 1. The minimum atomic E-state index is -0.883. The topological polar surface area (TPSA) is 72.2 Å². The summed E-state index contributed by atoms with van der Waals surface area (Å²) in [7, 11) is 0. The van der Waals surface area contributed by atoms with Crippen LogP contribution in [0.1, 0.15) is 30.6 Å². The van der Waals surface area contributed by atoms with E-state index in [-0.39, 0.29) is 17.3 Å². The highest BCUT2D eigenvalue weighted by atomic mass is 32.2. The Morgan fingerprint density at radius 2 is 2.25 bits per heavy atom. The Kier molecular flexibility index (Phi) is 6.44. The van der Waals surface area contributed by atoms with Crippen molar-refractivity contribution in [3.63, 3.8) is 0 Å². The van der Waals surface area contributed by atoms with E-state index in [4.69, 9.17) is 0 Å². The Bertz CT molecular complexity index is 497. The second kappa shape index (κ2) is 7.84. The molecule has 0 aliphatic rings. The van der Waals surface area contributed by atoms with Gasteiger partial charge in [0.2, 0.25) is 0 Å². The molecule has 1 aromatic carbocycles. The van der Waals surface area contributed by atoms with Gasteiger partial charge >= 0.3 is 0 Å². The van der Waals surface area contributed by atoms with Crippen molar-refractivity contribution < 1.29 is 14.1 Å². The Morgan fingerprint density at radius 1 is 1.55 bits per heavy atom. The van der Waals surface area contributed by atoms with Crippen LogP contribution >= 0.6 is 11.8 Å². The molecule has 0 saturated heterocycles. The standard InChI is InChI=1S/C13H17FN2O3S/c1-3-20-7-6-9(2)15-13(17)11-5-4-10(16(18)19)8-12(11)14/h4-5,8-9H,3,6-7H2,1-2H3,(H,15,17)/t9-/m1/s1. The molecule has 110 valence electrons. The van der Waals surface area contributed by atoms with Gasteiger partial charge in [0, 0.05) is 12.1 Å². The zero-order valence-electron chi connectivity index (χ0n) is 11.4. The highest BCUT2D eigenvalue weighted by Crippen LogP contribution is 2.16. The van der Waals surface area contributed by atoms with Crippen LogP contribution in [0.15, 0.2) is 18.2 Å². The SMILES string of the molecule is CCSCC[C@@H](C)NC(=O)c1ccc([N+](=O)[O-])cc1F. The second-order valence-corrected chi connectivity index (χ2v) is 5.68. The molecule has 1 amide bonds. The molecular formula is C13H17FN2O3S. The fourth-order valence-electron chi connectivity index (χ4n) is 1.58. The molecule has 0 aliphatic carbocycles. The van der Waals surface area contributed by atoms with Crippen molar-refractivity contribution in [1.82, 2.24) is 5.32 Å². The van der Waals surface area contributed by atoms with Gasteiger partial charge in [-0.05, 0) is 30.9 Å². The minimum Gasteiger partial charge on any atom is -0.349 e. The molecule has 0 heterocycles. The Morgan fingerprint density at radius 3 is 2.80 bits per heavy atom. The monoisotopic (exact) mass is 300 g/mol. The summed E-state index contributed by atoms with van der Waals surface area (Å²) in [4.78, 5) is 21.7. The van der Waals surface area contributed by atoms with Crippen LogP contribution in [0.4, 0.5) is 10.1 Å². The van der Waals surface area contributed by atoms with Crippen LogP contribution < -0.4 is 5.32 Å². The summed E-state index contributed by atoms with van der Waals surface area (Å²) < 4.78 is 13.6. The summed E-state index contributed by atoms with van der Waals surface area (Å²) in [5.74, 6) is 0.497. The average Bonchev–Trinajstić information content (AvgIpc) is 2.38. The van der Waals surface area contributed by atoms with Crippen LogP contribution in [0.25, 0.3) is 0 Å². The summed E-state index contributed by atoms with van der Waals surface area (Å²) in [6, 6.07) is 2.94. The number of hydrogen-bond acceptors (Lipinski definition) is 4. The molecule has 0 fully saturated rings. The first-order valence-corrected chi connectivity index (χ1v) is 7.43. The van der Waals surface area contributed by atoms with Gasteiger partial charge in [0.05, 0.1) is 16.6 Å². The normalized spacial score (nSPS) is 11.9. The molecule has 0 bridgehead atoms. The molecule has 20 heavy (non-hydrogen) atoms. The van der Waals surface area contributed by atoms with Gasteiger partial charge < -0.3 is 5.32 Å². The third-order valence-corrected chi connectivity index (χ3v) is 3.62. The molecule has 5 nitrogen and oxygen atoms in total. The van der Waals surface area contributed by atoms with Crippen LogP contribution in [0.3, 0.4) is 0 Å². The molecule has 1 atom stereocenters. The van der Waals surface area contributed by atoms with E-state index in [0.717, 1.165) is 36.1 Å². The van der Waals surface area contributed by atoms with E-state index in [2.05, 4.69) is 12.2 Å². The van der Waals surface area contributed by atoms with Crippen molar-refractivity contribution in [3.8, 4) is 0 Å². The Hall–Kier alpha value is -1.63. The Balaban J connectivity index is 2.65. The predicted octanol–water partition coefficient (Wildman–Crippen LogP) is 3.00. The summed E-state index contributed by atoms with van der Waals surface area (Å²) in [6.07, 6.45) is 0.791. The fourth-order valence-corrected chi connectivity index (χ4v) is 2.39. The van der Waals surface area contributed by atoms with Gasteiger partial charge in [-0.15, -0.1) is 0 Å². The van der Waals surface area contributed by atoms with Gasteiger partial charge in [-0.1, -0.05) is 6.92 Å². The number of non-ortho nitro benzene ring substituents is 1. The minimum absolute atomic E-state index is 0.0730. The number of nitro benzene ring substituents is 1. The lowest BCUT2D eigenvalue weighted by atomic mass is 10.1. The summed E-state index contributed by atoms with van der Waals surface area (Å²) >= 11 is 1.77. The lowest BCUT2D eigenvalue weighted by molar-refractivity contribution is -0.385. The maximum absolute atomic E-state index is 13.6. The highest BCUT2D eigenvalue weighted by Gasteiger charge is 2.17. The van der Waals surface area contributed by atoms with Gasteiger partial charge in [-0.2, -0.15) is 11.8 Å². The van der Waals surface area contributed by atoms with Crippen molar-refractivity contribution in [2.75, 3.05) is 11.5 Å². The van der Waals surface area contributed by atoms with Crippen molar-refractivity contribution >= 4 is 23.4 Å². The molecular weight excluding hydrogens is 283 g/mol. The van der Waals surface area contributed by atoms with Gasteiger partial charge in [0.25, 0.3) is 11.6 Å². The second-order valence-electron chi connectivity index (χ2n) is 4.28. The average molecular weight is 300 g/mol. The highest BCUT2D eigenvalue weighted by molar-refractivity contribution is 7.99. The lowest BCUT2D eigenvalue weighted by Crippen LogP contribution is -2.33. The summed E-state index contributed by atoms with van der Waals surface area (Å²) in [5.41, 5.74) is -0.544. The smallest absolute Gasteiger partial charge is 0.272 e. The number of hydrogen-bond donors (Lipinski definition) is 1. The van der Waals surface area contributed by atoms with Gasteiger partial charge in [-0.3, -0.25) is 14.9 Å². The Labute approximate surface area is 121 Å². The number of carbonyl (C=O) groups is 1. The van der Waals surface area contributed by atoms with E-state index in [1.807, 2.05) is 6.92 Å². The van der Waals surface area contributed by atoms with Crippen molar-refractivity contribution in [1.29, 1.82) is 0 Å². The number of nitro groups is 1. The van der Waals surface area contributed by atoms with Crippen LogP contribution in [0.2, 0.25) is 0 Å². The van der Waals surface area contributed by atoms with E-state index in [1.165, 1.54) is 0 Å². The van der Waals surface area contributed by atoms with Crippen molar-refractivity contribution in [3.05, 3.63) is 39.7 Å². The molecule has 0 radical (unpaired) electrons. The first-order valence-electron chi connectivity index (χ1n) is 6.28. The van der Waals surface area contributed by atoms with Crippen molar-refractivity contribution in [2.24, 2.45) is 0 Å². The van der Waals surface area contributed by atoms with E-state index in [0.29, 0.717) is 0 Å². The zero-order chi connectivity index (χ0) is 15.1. The van der Waals surface area contributed by atoms with Crippen LogP contribution in [0, 0.1) is 15.9 Å². The molecule has 7 heteroatoms. The number of benzene rings is 1. The quantitative estimate of drug-likeness (QED) is 0.477. The van der Waals surface area contributed by atoms with E-state index >= 15 is 0 Å². The molecule has 0 aliphatic heterocycles. The van der Waals surface area contributed by atoms with Gasteiger partial charge in [0.1, 0.15) is 5.82 Å². The fraction of sp³-hybridized carbons (Fsp3) is 0.462. The van der Waals surface area contributed by atoms with Crippen LogP contribution in [0.5, 0.6) is 0 Å². The number of carbonyl (C=O) groups excluding carboxylic acids is 1. The number of thioether (sulfide) groups is 1. The molecule has 0 aromatic heterocycles. The predicted molar refractivity (Wildman–Crippen MR) is 77.6 cm³/mol. The largest absolute Gasteiger partial charge is 0.349 e. The molecule has 0 spiro atoms. The van der Waals surface area contributed by atoms with Gasteiger partial charge in [0.15, 0.2) is 0 Å². The molecule has 0 unspecified atom stereocenters. The third kappa shape index (κ3) is 4.80. The maximum atomic E-state index is 13.6. The zero-order valence-corrected chi connectivity index (χ0v) is 12.2. The molecule has 1 rings (SSSR count). The first kappa shape index (κ1) is 16.4. The maximum Gasteiger partial charge on any atom is 0.272 e. The number of rotatable bonds is 7. The number of nitrogens with one attached hydrogen (secondary N) is 1. The molecule has 1 N–H and O–H groups in total. The van der Waals surface area contributed by atoms with Crippen LogP contribution in [-0.4, -0.2) is 28.4 Å².